The van der Waals surface area contributed by atoms with Crippen LogP contribution in [0, 0.1) is 17.2 Å². The van der Waals surface area contributed by atoms with E-state index < -0.39 is 0 Å². The Balaban J connectivity index is 1.56. The lowest BCUT2D eigenvalue weighted by atomic mass is 10.0. The highest BCUT2D eigenvalue weighted by molar-refractivity contribution is 5.76. The second kappa shape index (κ2) is 6.78. The maximum atomic E-state index is 12.4. The molecule has 1 saturated carbocycles. The third-order valence-corrected chi connectivity index (χ3v) is 4.78. The molecule has 0 N–H and O–H groups in total. The van der Waals surface area contributed by atoms with E-state index in [2.05, 4.69) is 16.0 Å². The van der Waals surface area contributed by atoms with Gasteiger partial charge in [0.2, 0.25) is 5.91 Å². The molecule has 22 heavy (non-hydrogen) atoms. The summed E-state index contributed by atoms with van der Waals surface area (Å²) in [6, 6.07) is 5.76. The van der Waals surface area contributed by atoms with E-state index in [1.807, 2.05) is 4.90 Å². The van der Waals surface area contributed by atoms with E-state index in [0.29, 0.717) is 23.8 Å². The molecule has 0 radical (unpaired) electrons. The Kier molecular flexibility index (Phi) is 4.57. The van der Waals surface area contributed by atoms with Crippen LogP contribution in [0.15, 0.2) is 18.3 Å². The Morgan fingerprint density at radius 2 is 2.00 bits per heavy atom. The Bertz CT molecular complexity index is 566. The lowest BCUT2D eigenvalue weighted by Gasteiger charge is -2.36. The Morgan fingerprint density at radius 3 is 2.68 bits per heavy atom. The van der Waals surface area contributed by atoms with Gasteiger partial charge in [-0.05, 0) is 30.9 Å². The summed E-state index contributed by atoms with van der Waals surface area (Å²) in [5.41, 5.74) is 0.605. The summed E-state index contributed by atoms with van der Waals surface area (Å²) < 4.78 is 0. The van der Waals surface area contributed by atoms with Crippen LogP contribution in [-0.2, 0) is 4.79 Å². The molecule has 0 aromatic carbocycles. The summed E-state index contributed by atoms with van der Waals surface area (Å²) in [4.78, 5) is 20.8. The molecular weight excluding hydrogens is 276 g/mol. The zero-order valence-corrected chi connectivity index (χ0v) is 12.9. The standard InChI is InChI=1S/C17H22N4O/c18-13-15-6-3-7-19-17(15)21-10-8-20(9-11-21)16(22)12-14-4-1-2-5-14/h3,6-7,14H,1-2,4-5,8-12H2. The second-order valence-electron chi connectivity index (χ2n) is 6.21. The van der Waals surface area contributed by atoms with Crippen LogP contribution in [0.4, 0.5) is 5.82 Å². The maximum absolute atomic E-state index is 12.4. The molecule has 5 heteroatoms. The van der Waals surface area contributed by atoms with E-state index in [9.17, 15) is 4.79 Å². The van der Waals surface area contributed by atoms with Crippen LogP contribution >= 0.6 is 0 Å². The average molecular weight is 298 g/mol. The third-order valence-electron chi connectivity index (χ3n) is 4.78. The van der Waals surface area contributed by atoms with Crippen molar-refractivity contribution in [2.75, 3.05) is 31.1 Å². The van der Waals surface area contributed by atoms with Gasteiger partial charge in [-0.15, -0.1) is 0 Å². The summed E-state index contributed by atoms with van der Waals surface area (Å²) >= 11 is 0. The summed E-state index contributed by atoms with van der Waals surface area (Å²) in [7, 11) is 0. The fraction of sp³-hybridized carbons (Fsp3) is 0.588. The number of hydrogen-bond acceptors (Lipinski definition) is 4. The highest BCUT2D eigenvalue weighted by atomic mass is 16.2. The van der Waals surface area contributed by atoms with E-state index in [-0.39, 0.29) is 0 Å². The second-order valence-corrected chi connectivity index (χ2v) is 6.21. The number of piperazine rings is 1. The van der Waals surface area contributed by atoms with Crippen molar-refractivity contribution < 1.29 is 4.79 Å². The van der Waals surface area contributed by atoms with Gasteiger partial charge in [-0.3, -0.25) is 4.79 Å². The minimum Gasteiger partial charge on any atom is -0.352 e. The van der Waals surface area contributed by atoms with E-state index >= 15 is 0 Å². The van der Waals surface area contributed by atoms with Gasteiger partial charge >= 0.3 is 0 Å². The van der Waals surface area contributed by atoms with Gasteiger partial charge < -0.3 is 9.80 Å². The van der Waals surface area contributed by atoms with Crippen molar-refractivity contribution in [3.63, 3.8) is 0 Å². The SMILES string of the molecule is N#Cc1cccnc1N1CCN(C(=O)CC2CCCC2)CC1. The van der Waals surface area contributed by atoms with E-state index in [1.165, 1.54) is 25.7 Å². The van der Waals surface area contributed by atoms with Crippen molar-refractivity contribution in [2.45, 2.75) is 32.1 Å². The first kappa shape index (κ1) is 14.8. The number of rotatable bonds is 3. The van der Waals surface area contributed by atoms with E-state index in [1.54, 1.807) is 18.3 Å². The van der Waals surface area contributed by atoms with Crippen LogP contribution in [0.5, 0.6) is 0 Å². The maximum Gasteiger partial charge on any atom is 0.222 e. The predicted octanol–water partition coefficient (Wildman–Crippen LogP) is 2.18. The number of nitrogens with zero attached hydrogens (tertiary/aromatic N) is 4. The molecule has 0 unspecified atom stereocenters. The van der Waals surface area contributed by atoms with Crippen molar-refractivity contribution in [3.8, 4) is 6.07 Å². The number of hydrogen-bond donors (Lipinski definition) is 0. The quantitative estimate of drug-likeness (QED) is 0.858. The number of anilines is 1. The average Bonchev–Trinajstić information content (AvgIpc) is 3.08. The molecule has 2 heterocycles. The molecule has 2 fully saturated rings. The molecule has 3 rings (SSSR count). The summed E-state index contributed by atoms with van der Waals surface area (Å²) in [6.07, 6.45) is 7.42. The highest BCUT2D eigenvalue weighted by Crippen LogP contribution is 2.28. The highest BCUT2D eigenvalue weighted by Gasteiger charge is 2.26. The topological polar surface area (TPSA) is 60.2 Å². The van der Waals surface area contributed by atoms with Crippen LogP contribution in [0.1, 0.15) is 37.7 Å². The number of nitriles is 1. The lowest BCUT2D eigenvalue weighted by molar-refractivity contribution is -0.132. The van der Waals surface area contributed by atoms with Gasteiger partial charge in [0, 0.05) is 38.8 Å². The van der Waals surface area contributed by atoms with Crippen molar-refractivity contribution in [1.29, 1.82) is 5.26 Å². The molecule has 1 amide bonds. The molecule has 0 spiro atoms. The van der Waals surface area contributed by atoms with Crippen LogP contribution in [0.25, 0.3) is 0 Å². The molecular formula is C17H22N4O. The van der Waals surface area contributed by atoms with Gasteiger partial charge in [-0.1, -0.05) is 12.8 Å². The van der Waals surface area contributed by atoms with Crippen LogP contribution in [0.2, 0.25) is 0 Å². The molecule has 1 aromatic heterocycles. The smallest absolute Gasteiger partial charge is 0.222 e. The van der Waals surface area contributed by atoms with Gasteiger partial charge in [-0.2, -0.15) is 5.26 Å². The Morgan fingerprint density at radius 1 is 1.27 bits per heavy atom. The zero-order valence-electron chi connectivity index (χ0n) is 12.9. The summed E-state index contributed by atoms with van der Waals surface area (Å²) in [5.74, 6) is 1.65. The van der Waals surface area contributed by atoms with Crippen molar-refractivity contribution in [1.82, 2.24) is 9.88 Å². The normalized spacial score (nSPS) is 19.2. The number of carbonyl (C=O) groups is 1. The van der Waals surface area contributed by atoms with Gasteiger partial charge in [0.25, 0.3) is 0 Å². The van der Waals surface area contributed by atoms with Gasteiger partial charge in [0.1, 0.15) is 11.9 Å². The van der Waals surface area contributed by atoms with Gasteiger partial charge in [0.15, 0.2) is 0 Å². The minimum absolute atomic E-state index is 0.299. The van der Waals surface area contributed by atoms with Crippen molar-refractivity contribution in [2.24, 2.45) is 5.92 Å². The lowest BCUT2D eigenvalue weighted by Crippen LogP contribution is -2.49. The first-order valence-electron chi connectivity index (χ1n) is 8.16. The summed E-state index contributed by atoms with van der Waals surface area (Å²) in [5, 5.41) is 9.17. The molecule has 1 saturated heterocycles. The molecule has 5 nitrogen and oxygen atoms in total. The number of aromatic nitrogens is 1. The first-order chi connectivity index (χ1) is 10.8. The van der Waals surface area contributed by atoms with Crippen molar-refractivity contribution in [3.05, 3.63) is 23.9 Å². The molecule has 2 aliphatic rings. The molecule has 116 valence electrons. The fourth-order valence-electron chi connectivity index (χ4n) is 3.49. The molecule has 1 aromatic rings. The predicted molar refractivity (Wildman–Crippen MR) is 84.3 cm³/mol. The molecule has 1 aliphatic heterocycles. The summed E-state index contributed by atoms with van der Waals surface area (Å²) in [6.45, 7) is 2.96. The first-order valence-corrected chi connectivity index (χ1v) is 8.16. The van der Waals surface area contributed by atoms with Gasteiger partial charge in [-0.25, -0.2) is 4.98 Å². The van der Waals surface area contributed by atoms with E-state index in [4.69, 9.17) is 5.26 Å². The molecule has 0 atom stereocenters. The van der Waals surface area contributed by atoms with Crippen LogP contribution in [-0.4, -0.2) is 42.0 Å². The van der Waals surface area contributed by atoms with Crippen LogP contribution < -0.4 is 4.90 Å². The monoisotopic (exact) mass is 298 g/mol. The third kappa shape index (κ3) is 3.22. The fourth-order valence-corrected chi connectivity index (χ4v) is 3.49. The zero-order chi connectivity index (χ0) is 15.4. The van der Waals surface area contributed by atoms with Crippen molar-refractivity contribution >= 4 is 11.7 Å². The minimum atomic E-state index is 0.299. The Hall–Kier alpha value is -2.09. The number of pyridine rings is 1. The van der Waals surface area contributed by atoms with Gasteiger partial charge in [0.05, 0.1) is 5.56 Å². The molecule has 0 bridgehead atoms. The number of carbonyl (C=O) groups excluding carboxylic acids is 1. The number of amides is 1. The van der Waals surface area contributed by atoms with E-state index in [0.717, 1.165) is 32.0 Å². The van der Waals surface area contributed by atoms with Crippen LogP contribution in [0.3, 0.4) is 0 Å². The largest absolute Gasteiger partial charge is 0.352 e. The molecule has 1 aliphatic carbocycles. The Labute approximate surface area is 131 Å².